The number of likely N-dealkylation sites (tertiary alicyclic amines) is 2. The molecule has 5 rings (SSSR count). The van der Waals surface area contributed by atoms with Gasteiger partial charge < -0.3 is 9.80 Å². The molecule has 0 bridgehead atoms. The van der Waals surface area contributed by atoms with Gasteiger partial charge in [-0.3, -0.25) is 14.2 Å². The van der Waals surface area contributed by atoms with Gasteiger partial charge in [0.25, 0.3) is 5.56 Å². The number of para-hydroxylation sites is 1. The largest absolute Gasteiger partial charge is 0.342 e. The molecule has 35 heavy (non-hydrogen) atoms. The summed E-state index contributed by atoms with van der Waals surface area (Å²) in [5, 5.41) is 1.46. The lowest BCUT2D eigenvalue weighted by atomic mass is 10.1. The molecule has 186 valence electrons. The van der Waals surface area contributed by atoms with E-state index in [2.05, 4.69) is 4.90 Å². The number of aromatic nitrogens is 2. The maximum atomic E-state index is 13.6. The second-order valence-electron chi connectivity index (χ2n) is 9.43. The molecule has 2 fully saturated rings. The summed E-state index contributed by atoms with van der Waals surface area (Å²) in [6.45, 7) is 6.65. The molecule has 2 aromatic carbocycles. The Morgan fingerprint density at radius 1 is 0.914 bits per heavy atom. The van der Waals surface area contributed by atoms with Gasteiger partial charge in [0.15, 0.2) is 5.16 Å². The molecule has 2 aliphatic rings. The third-order valence-corrected chi connectivity index (χ3v) is 7.93. The van der Waals surface area contributed by atoms with Crippen molar-refractivity contribution < 1.29 is 4.79 Å². The lowest BCUT2D eigenvalue weighted by Crippen LogP contribution is -2.41. The van der Waals surface area contributed by atoms with Gasteiger partial charge >= 0.3 is 0 Å². The van der Waals surface area contributed by atoms with Gasteiger partial charge in [0.2, 0.25) is 5.91 Å². The molecule has 6 nitrogen and oxygen atoms in total. The first kappa shape index (κ1) is 25.7. The molecule has 0 saturated carbocycles. The Balaban J connectivity index is 0.00000289. The van der Waals surface area contributed by atoms with Crippen LogP contribution in [0.2, 0.25) is 0 Å². The maximum absolute atomic E-state index is 13.6. The number of aryl methyl sites for hydroxylation is 1. The second-order valence-corrected chi connectivity index (χ2v) is 10.7. The van der Waals surface area contributed by atoms with Crippen molar-refractivity contribution in [2.24, 2.45) is 0 Å². The molecule has 1 amide bonds. The van der Waals surface area contributed by atoms with Crippen molar-refractivity contribution in [3.63, 3.8) is 0 Å². The minimum Gasteiger partial charge on any atom is -0.342 e. The third-order valence-electron chi connectivity index (χ3n) is 6.82. The highest BCUT2D eigenvalue weighted by Crippen LogP contribution is 2.28. The van der Waals surface area contributed by atoms with Crippen LogP contribution in [0.1, 0.15) is 37.7 Å². The molecule has 1 aromatic heterocycles. The molecular weight excluding hydrogens is 480 g/mol. The Kier molecular flexibility index (Phi) is 8.52. The van der Waals surface area contributed by atoms with Crippen molar-refractivity contribution in [1.82, 2.24) is 19.4 Å². The average Bonchev–Trinajstić information content (AvgIpc) is 3.25. The number of carbonyl (C=O) groups excluding carboxylic acids is 1. The van der Waals surface area contributed by atoms with Crippen LogP contribution in [0.5, 0.6) is 0 Å². The Morgan fingerprint density at radius 3 is 2.37 bits per heavy atom. The summed E-state index contributed by atoms with van der Waals surface area (Å²) < 4.78 is 1.75. The molecule has 2 aliphatic heterocycles. The normalized spacial score (nSPS) is 17.5. The fourth-order valence-electron chi connectivity index (χ4n) is 4.97. The van der Waals surface area contributed by atoms with E-state index in [0.717, 1.165) is 43.9 Å². The van der Waals surface area contributed by atoms with Gasteiger partial charge in [-0.1, -0.05) is 48.0 Å². The number of nitrogens with zero attached hydrogens (tertiary/aromatic N) is 4. The van der Waals surface area contributed by atoms with Crippen molar-refractivity contribution in [3.05, 3.63) is 64.4 Å². The van der Waals surface area contributed by atoms with Gasteiger partial charge in [-0.05, 0) is 63.5 Å². The van der Waals surface area contributed by atoms with Gasteiger partial charge in [-0.2, -0.15) is 0 Å². The van der Waals surface area contributed by atoms with Crippen molar-refractivity contribution in [2.75, 3.05) is 32.7 Å². The number of rotatable bonds is 7. The summed E-state index contributed by atoms with van der Waals surface area (Å²) >= 11 is 1.64. The Labute approximate surface area is 217 Å². The molecule has 3 heterocycles. The van der Waals surface area contributed by atoms with E-state index in [0.29, 0.717) is 29.0 Å². The van der Waals surface area contributed by atoms with Crippen molar-refractivity contribution in [1.29, 1.82) is 0 Å². The number of piperidine rings is 1. The van der Waals surface area contributed by atoms with Crippen LogP contribution < -0.4 is 5.56 Å². The molecule has 8 heteroatoms. The van der Waals surface area contributed by atoms with Crippen LogP contribution in [0, 0.1) is 6.92 Å². The number of carbonyl (C=O) groups is 1. The van der Waals surface area contributed by atoms with E-state index in [9.17, 15) is 9.59 Å². The predicted molar refractivity (Wildman–Crippen MR) is 145 cm³/mol. The zero-order chi connectivity index (χ0) is 23.5. The Hall–Kier alpha value is -2.35. The van der Waals surface area contributed by atoms with E-state index in [1.165, 1.54) is 19.3 Å². The molecular formula is C27H33ClN4O2S. The van der Waals surface area contributed by atoms with Gasteiger partial charge in [-0.25, -0.2) is 4.98 Å². The molecule has 1 atom stereocenters. The summed E-state index contributed by atoms with van der Waals surface area (Å²) in [6, 6.07) is 15.6. The fourth-order valence-corrected chi connectivity index (χ4v) is 6.25. The molecule has 0 N–H and O–H groups in total. The Morgan fingerprint density at radius 2 is 1.66 bits per heavy atom. The average molecular weight is 513 g/mol. The zero-order valence-electron chi connectivity index (χ0n) is 20.2. The summed E-state index contributed by atoms with van der Waals surface area (Å²) in [4.78, 5) is 35.5. The highest BCUT2D eigenvalue weighted by atomic mass is 35.5. The van der Waals surface area contributed by atoms with Crippen LogP contribution in [0.4, 0.5) is 0 Å². The molecule has 2 saturated heterocycles. The minimum absolute atomic E-state index is 0. The lowest BCUT2D eigenvalue weighted by Gasteiger charge is -2.32. The summed E-state index contributed by atoms with van der Waals surface area (Å²) in [5.41, 5.74) is 2.64. The molecule has 0 aliphatic carbocycles. The van der Waals surface area contributed by atoms with E-state index in [1.807, 2.05) is 60.4 Å². The van der Waals surface area contributed by atoms with E-state index >= 15 is 0 Å². The number of hydrogen-bond donors (Lipinski definition) is 0. The van der Waals surface area contributed by atoms with Crippen LogP contribution >= 0.6 is 24.2 Å². The number of halogens is 1. The molecule has 3 aromatic rings. The van der Waals surface area contributed by atoms with Crippen LogP contribution in [-0.2, 0) is 4.79 Å². The summed E-state index contributed by atoms with van der Waals surface area (Å²) in [5.74, 6) is 0.242. The van der Waals surface area contributed by atoms with E-state index in [-0.39, 0.29) is 29.1 Å². The second kappa shape index (κ2) is 11.6. The van der Waals surface area contributed by atoms with E-state index in [4.69, 9.17) is 4.98 Å². The van der Waals surface area contributed by atoms with E-state index < -0.39 is 0 Å². The topological polar surface area (TPSA) is 58.4 Å². The molecule has 1 unspecified atom stereocenters. The summed E-state index contributed by atoms with van der Waals surface area (Å²) in [7, 11) is 0. The van der Waals surface area contributed by atoms with E-state index in [1.54, 1.807) is 16.3 Å². The first-order valence-corrected chi connectivity index (χ1v) is 13.2. The van der Waals surface area contributed by atoms with Crippen LogP contribution in [-0.4, -0.2) is 63.2 Å². The van der Waals surface area contributed by atoms with Gasteiger partial charge in [0, 0.05) is 31.3 Å². The molecule has 0 radical (unpaired) electrons. The number of fused-ring (bicyclic) bond motifs is 1. The number of hydrogen-bond acceptors (Lipinski definition) is 5. The van der Waals surface area contributed by atoms with Gasteiger partial charge in [-0.15, -0.1) is 12.4 Å². The van der Waals surface area contributed by atoms with Crippen LogP contribution in [0.25, 0.3) is 16.6 Å². The monoisotopic (exact) mass is 512 g/mol. The maximum Gasteiger partial charge on any atom is 0.266 e. The van der Waals surface area contributed by atoms with Gasteiger partial charge in [0.1, 0.15) is 0 Å². The smallest absolute Gasteiger partial charge is 0.266 e. The van der Waals surface area contributed by atoms with Gasteiger partial charge in [0.05, 0.1) is 16.6 Å². The molecule has 0 spiro atoms. The SMILES string of the molecule is Cc1ccc(-n2c(SC(CN3CCCCC3)CN3CCCC3=O)nc3ccccc3c2=O)cc1.Cl. The zero-order valence-corrected chi connectivity index (χ0v) is 21.8. The third kappa shape index (κ3) is 5.90. The number of benzene rings is 2. The van der Waals surface area contributed by atoms with Crippen molar-refractivity contribution in [2.45, 2.75) is 49.4 Å². The van der Waals surface area contributed by atoms with Crippen molar-refractivity contribution >= 4 is 41.0 Å². The number of amides is 1. The lowest BCUT2D eigenvalue weighted by molar-refractivity contribution is -0.127. The minimum atomic E-state index is -0.0501. The highest BCUT2D eigenvalue weighted by Gasteiger charge is 2.27. The fraction of sp³-hybridized carbons (Fsp3) is 0.444. The summed E-state index contributed by atoms with van der Waals surface area (Å²) in [6.07, 6.45) is 5.31. The first-order chi connectivity index (χ1) is 16.6. The standard InChI is InChI=1S/C27H32N4O2S.ClH/c1-20-11-13-21(14-12-20)31-26(33)23-8-3-4-9-24(23)28-27(31)34-22(18-29-15-5-2-6-16-29)19-30-17-7-10-25(30)32;/h3-4,8-9,11-14,22H,2,5-7,10,15-19H2,1H3;1H. The van der Waals surface area contributed by atoms with Crippen LogP contribution in [0.15, 0.2) is 58.5 Å². The Bertz CT molecular complexity index is 1220. The first-order valence-electron chi connectivity index (χ1n) is 12.3. The predicted octanol–water partition coefficient (Wildman–Crippen LogP) is 4.68. The highest BCUT2D eigenvalue weighted by molar-refractivity contribution is 7.99. The number of thioether (sulfide) groups is 1. The van der Waals surface area contributed by atoms with Crippen molar-refractivity contribution in [3.8, 4) is 5.69 Å². The quantitative estimate of drug-likeness (QED) is 0.339. The van der Waals surface area contributed by atoms with Crippen LogP contribution in [0.3, 0.4) is 0 Å².